The summed E-state index contributed by atoms with van der Waals surface area (Å²) in [7, 11) is -2.89. The minimum Gasteiger partial charge on any atom is -0.310 e. The van der Waals surface area contributed by atoms with Crippen molar-refractivity contribution in [3.63, 3.8) is 0 Å². The second-order valence-corrected chi connectivity index (χ2v) is 22.3. The van der Waals surface area contributed by atoms with E-state index in [9.17, 15) is 0 Å². The van der Waals surface area contributed by atoms with E-state index < -0.39 is 16.1 Å². The number of benzene rings is 3. The van der Waals surface area contributed by atoms with Crippen LogP contribution in [-0.2, 0) is 0 Å². The minimum atomic E-state index is -1.45. The highest BCUT2D eigenvalue weighted by Crippen LogP contribution is 2.37. The molecule has 3 nitrogen and oxygen atoms in total. The molecule has 0 bridgehead atoms. The maximum atomic E-state index is 4.75. The van der Waals surface area contributed by atoms with Crippen molar-refractivity contribution in [3.8, 4) is 22.5 Å². The standard InChI is InChI=1S/C34H37N3Si2/c1-38(2,3)31-18-20-35-33(24-31)26-12-10-16-29(22-26)37(28-14-8-7-9-15-28)30-17-11-13-27(23-30)34-25-32(19-21-36-34)39(4,5)6/h7-25H,1-6H3. The highest BCUT2D eigenvalue weighted by molar-refractivity contribution is 6.89. The third kappa shape index (κ3) is 6.10. The van der Waals surface area contributed by atoms with Crippen LogP contribution >= 0.6 is 0 Å². The Morgan fingerprint density at radius 1 is 0.462 bits per heavy atom. The summed E-state index contributed by atoms with van der Waals surface area (Å²) in [5.74, 6) is 0. The van der Waals surface area contributed by atoms with Crippen LogP contribution in [0.15, 0.2) is 116 Å². The molecule has 2 heterocycles. The van der Waals surface area contributed by atoms with E-state index in [1.807, 2.05) is 12.4 Å². The van der Waals surface area contributed by atoms with Gasteiger partial charge in [-0.05, 0) is 60.7 Å². The first kappa shape index (κ1) is 26.8. The SMILES string of the molecule is C[Si](C)(C)c1ccnc(-c2cccc(N(c3ccccc3)c3cccc(-c4cc([Si](C)(C)C)ccn4)c3)c2)c1. The Morgan fingerprint density at radius 3 is 1.33 bits per heavy atom. The summed E-state index contributed by atoms with van der Waals surface area (Å²) in [5, 5.41) is 2.83. The smallest absolute Gasteiger partial charge is 0.0777 e. The van der Waals surface area contributed by atoms with E-state index in [1.54, 1.807) is 0 Å². The molecule has 0 amide bonds. The Kier molecular flexibility index (Phi) is 7.39. The van der Waals surface area contributed by atoms with Gasteiger partial charge in [0.1, 0.15) is 0 Å². The van der Waals surface area contributed by atoms with Gasteiger partial charge in [0, 0.05) is 40.6 Å². The fourth-order valence-corrected chi connectivity index (χ4v) is 7.03. The van der Waals surface area contributed by atoms with Crippen LogP contribution in [-0.4, -0.2) is 26.1 Å². The predicted molar refractivity (Wildman–Crippen MR) is 174 cm³/mol. The zero-order chi connectivity index (χ0) is 27.6. The van der Waals surface area contributed by atoms with Gasteiger partial charge >= 0.3 is 0 Å². The van der Waals surface area contributed by atoms with E-state index in [0.717, 1.165) is 39.6 Å². The van der Waals surface area contributed by atoms with Crippen molar-refractivity contribution in [1.82, 2.24) is 9.97 Å². The average Bonchev–Trinajstić information content (AvgIpc) is 2.93. The lowest BCUT2D eigenvalue weighted by Gasteiger charge is -2.26. The van der Waals surface area contributed by atoms with E-state index in [-0.39, 0.29) is 0 Å². The minimum absolute atomic E-state index is 1.02. The van der Waals surface area contributed by atoms with Crippen LogP contribution in [0.3, 0.4) is 0 Å². The van der Waals surface area contributed by atoms with Crippen molar-refractivity contribution >= 4 is 43.6 Å². The van der Waals surface area contributed by atoms with E-state index >= 15 is 0 Å². The molecule has 5 aromatic rings. The van der Waals surface area contributed by atoms with Crippen LogP contribution < -0.4 is 15.3 Å². The maximum Gasteiger partial charge on any atom is 0.0777 e. The first-order valence-corrected chi connectivity index (χ1v) is 20.6. The van der Waals surface area contributed by atoms with Gasteiger partial charge in [-0.2, -0.15) is 0 Å². The quantitative estimate of drug-likeness (QED) is 0.193. The lowest BCUT2D eigenvalue weighted by molar-refractivity contribution is 1.27. The van der Waals surface area contributed by atoms with Crippen molar-refractivity contribution in [2.75, 3.05) is 4.90 Å². The highest BCUT2D eigenvalue weighted by Gasteiger charge is 2.20. The molecule has 0 aliphatic carbocycles. The number of hydrogen-bond acceptors (Lipinski definition) is 3. The number of pyridine rings is 2. The van der Waals surface area contributed by atoms with Crippen LogP contribution in [0, 0.1) is 0 Å². The molecule has 0 radical (unpaired) electrons. The molecule has 0 saturated heterocycles. The van der Waals surface area contributed by atoms with Crippen LogP contribution in [0.25, 0.3) is 22.5 Å². The van der Waals surface area contributed by atoms with E-state index in [1.165, 1.54) is 10.4 Å². The Bertz CT molecular complexity index is 1480. The number of para-hydroxylation sites is 1. The molecular weight excluding hydrogens is 507 g/mol. The molecule has 0 unspecified atom stereocenters. The average molecular weight is 544 g/mol. The largest absolute Gasteiger partial charge is 0.310 e. The maximum absolute atomic E-state index is 4.75. The van der Waals surface area contributed by atoms with Gasteiger partial charge in [-0.25, -0.2) is 0 Å². The Hall–Kier alpha value is -3.81. The summed E-state index contributed by atoms with van der Waals surface area (Å²) in [6.07, 6.45) is 3.91. The fraction of sp³-hybridized carbons (Fsp3) is 0.176. The number of nitrogens with zero attached hydrogens (tertiary/aromatic N) is 3. The molecule has 196 valence electrons. The third-order valence-corrected chi connectivity index (χ3v) is 11.2. The molecule has 0 aliphatic rings. The molecule has 3 aromatic carbocycles. The predicted octanol–water partition coefficient (Wildman–Crippen LogP) is 8.37. The third-order valence-electron chi connectivity index (χ3n) is 7.07. The first-order valence-electron chi connectivity index (χ1n) is 13.6. The fourth-order valence-electron chi connectivity index (χ4n) is 4.74. The molecule has 0 saturated carbocycles. The Balaban J connectivity index is 1.60. The Labute approximate surface area is 235 Å². The zero-order valence-corrected chi connectivity index (χ0v) is 25.8. The topological polar surface area (TPSA) is 29.0 Å². The van der Waals surface area contributed by atoms with Crippen molar-refractivity contribution < 1.29 is 0 Å². The van der Waals surface area contributed by atoms with E-state index in [0.29, 0.717) is 0 Å². The lowest BCUT2D eigenvalue weighted by Crippen LogP contribution is -2.37. The number of aromatic nitrogens is 2. The van der Waals surface area contributed by atoms with Gasteiger partial charge in [-0.3, -0.25) is 9.97 Å². The summed E-state index contributed by atoms with van der Waals surface area (Å²) in [6.45, 7) is 14.3. The molecule has 0 spiro atoms. The van der Waals surface area contributed by atoms with Crippen LogP contribution in [0.4, 0.5) is 17.1 Å². The van der Waals surface area contributed by atoms with Crippen LogP contribution in [0.2, 0.25) is 39.3 Å². The van der Waals surface area contributed by atoms with Gasteiger partial charge in [0.15, 0.2) is 0 Å². The van der Waals surface area contributed by atoms with Crippen molar-refractivity contribution in [2.45, 2.75) is 39.3 Å². The van der Waals surface area contributed by atoms with E-state index in [4.69, 9.17) is 9.97 Å². The normalized spacial score (nSPS) is 11.8. The summed E-state index contributed by atoms with van der Waals surface area (Å²) in [4.78, 5) is 11.8. The monoisotopic (exact) mass is 543 g/mol. The second-order valence-electron chi connectivity index (χ2n) is 12.1. The van der Waals surface area contributed by atoms with Crippen molar-refractivity contribution in [3.05, 3.63) is 116 Å². The van der Waals surface area contributed by atoms with Gasteiger partial charge in [0.25, 0.3) is 0 Å². The van der Waals surface area contributed by atoms with Crippen LogP contribution in [0.5, 0.6) is 0 Å². The molecule has 0 fully saturated rings. The van der Waals surface area contributed by atoms with Gasteiger partial charge in [-0.1, -0.05) is 92.1 Å². The number of anilines is 3. The molecule has 2 aromatic heterocycles. The Morgan fingerprint density at radius 2 is 0.897 bits per heavy atom. The number of rotatable bonds is 7. The molecule has 5 heteroatoms. The summed E-state index contributed by atoms with van der Waals surface area (Å²) in [6, 6.07) is 36.9. The summed E-state index contributed by atoms with van der Waals surface area (Å²) < 4.78 is 0. The lowest BCUT2D eigenvalue weighted by atomic mass is 10.1. The van der Waals surface area contributed by atoms with Gasteiger partial charge in [-0.15, -0.1) is 0 Å². The van der Waals surface area contributed by atoms with Crippen molar-refractivity contribution in [1.29, 1.82) is 0 Å². The van der Waals surface area contributed by atoms with Gasteiger partial charge in [0.2, 0.25) is 0 Å². The van der Waals surface area contributed by atoms with Crippen LogP contribution in [0.1, 0.15) is 0 Å². The second kappa shape index (κ2) is 10.8. The molecule has 5 rings (SSSR count). The van der Waals surface area contributed by atoms with Gasteiger partial charge < -0.3 is 4.90 Å². The zero-order valence-electron chi connectivity index (χ0n) is 23.8. The summed E-state index contributed by atoms with van der Waals surface area (Å²) >= 11 is 0. The summed E-state index contributed by atoms with van der Waals surface area (Å²) in [5.41, 5.74) is 7.58. The molecule has 0 atom stereocenters. The highest BCUT2D eigenvalue weighted by atomic mass is 28.3. The molecule has 0 aliphatic heterocycles. The molecular formula is C34H37N3Si2. The van der Waals surface area contributed by atoms with Gasteiger partial charge in [0.05, 0.1) is 27.5 Å². The molecule has 39 heavy (non-hydrogen) atoms. The molecule has 0 N–H and O–H groups in total. The number of hydrogen-bond donors (Lipinski definition) is 0. The first-order chi connectivity index (χ1) is 18.6. The van der Waals surface area contributed by atoms with E-state index in [2.05, 4.69) is 147 Å². The van der Waals surface area contributed by atoms with Crippen molar-refractivity contribution in [2.24, 2.45) is 0 Å².